The Morgan fingerprint density at radius 2 is 2.18 bits per heavy atom. The van der Waals surface area contributed by atoms with Gasteiger partial charge in [0.25, 0.3) is 5.56 Å². The first-order valence-electron chi connectivity index (χ1n) is 5.05. The number of rotatable bonds is 3. The Kier molecular flexibility index (Phi) is 2.96. The maximum atomic E-state index is 11.8. The molecule has 0 saturated heterocycles. The van der Waals surface area contributed by atoms with Gasteiger partial charge < -0.3 is 4.98 Å². The van der Waals surface area contributed by atoms with Gasteiger partial charge in [0.1, 0.15) is 5.70 Å². The van der Waals surface area contributed by atoms with Crippen LogP contribution in [0.15, 0.2) is 52.8 Å². The van der Waals surface area contributed by atoms with E-state index in [2.05, 4.69) is 28.3 Å². The smallest absolute Gasteiger partial charge is 0.259 e. The number of nitrogens with one attached hydrogen (secondary N) is 1. The third kappa shape index (κ3) is 2.06. The number of allylic oxidation sites excluding steroid dienone is 2. The second-order valence-electron chi connectivity index (χ2n) is 3.38. The van der Waals surface area contributed by atoms with Gasteiger partial charge >= 0.3 is 0 Å². The lowest BCUT2D eigenvalue weighted by molar-refractivity contribution is 1.11. The van der Waals surface area contributed by atoms with Crippen molar-refractivity contribution in [2.24, 2.45) is 4.99 Å². The lowest BCUT2D eigenvalue weighted by atomic mass is 10.2. The number of hydrogen-bond donors (Lipinski definition) is 1. The van der Waals surface area contributed by atoms with E-state index in [4.69, 9.17) is 0 Å². The Labute approximate surface area is 98.1 Å². The molecule has 1 N–H and O–H groups in total. The Bertz CT molecular complexity index is 668. The third-order valence-electron chi connectivity index (χ3n) is 2.30. The van der Waals surface area contributed by atoms with Crippen molar-refractivity contribution in [1.29, 1.82) is 0 Å². The largest absolute Gasteiger partial charge is 0.305 e. The average Bonchev–Trinajstić information content (AvgIpc) is 2.36. The van der Waals surface area contributed by atoms with Gasteiger partial charge in [0.05, 0.1) is 10.9 Å². The van der Waals surface area contributed by atoms with Crippen molar-refractivity contribution in [1.82, 2.24) is 9.97 Å². The summed E-state index contributed by atoms with van der Waals surface area (Å²) in [5, 5.41) is 0.554. The highest BCUT2D eigenvalue weighted by Gasteiger charge is 2.05. The molecule has 1 aromatic heterocycles. The van der Waals surface area contributed by atoms with E-state index in [9.17, 15) is 4.79 Å². The maximum absolute atomic E-state index is 11.8. The number of aliphatic imine (C=N–C) groups is 1. The van der Waals surface area contributed by atoms with E-state index >= 15 is 0 Å². The van der Waals surface area contributed by atoms with Crippen molar-refractivity contribution in [3.05, 3.63) is 59.2 Å². The van der Waals surface area contributed by atoms with Gasteiger partial charge in [-0.1, -0.05) is 24.8 Å². The van der Waals surface area contributed by atoms with Gasteiger partial charge in [-0.25, -0.2) is 4.98 Å². The Morgan fingerprint density at radius 3 is 2.88 bits per heavy atom. The molecule has 1 heterocycles. The minimum absolute atomic E-state index is 0.191. The number of para-hydroxylation sites is 1. The first kappa shape index (κ1) is 11.0. The second-order valence-corrected chi connectivity index (χ2v) is 3.38. The van der Waals surface area contributed by atoms with Crippen molar-refractivity contribution >= 4 is 23.3 Å². The molecule has 0 unspecified atom stereocenters. The lowest BCUT2D eigenvalue weighted by Gasteiger charge is -2.02. The molecule has 0 aliphatic heterocycles. The number of hydrogen-bond acceptors (Lipinski definition) is 3. The number of benzene rings is 1. The number of nitrogens with zero attached hydrogens (tertiary/aromatic N) is 2. The summed E-state index contributed by atoms with van der Waals surface area (Å²) in [6.45, 7) is 7.01. The predicted molar refractivity (Wildman–Crippen MR) is 70.1 cm³/mol. The van der Waals surface area contributed by atoms with Gasteiger partial charge in [-0.15, -0.1) is 0 Å². The van der Waals surface area contributed by atoms with Crippen LogP contribution in [0.2, 0.25) is 0 Å². The molecule has 1 aromatic carbocycles. The van der Waals surface area contributed by atoms with E-state index in [0.29, 0.717) is 22.4 Å². The molecule has 0 fully saturated rings. The summed E-state index contributed by atoms with van der Waals surface area (Å²) in [6, 6.07) is 7.13. The summed E-state index contributed by atoms with van der Waals surface area (Å²) in [4.78, 5) is 22.6. The van der Waals surface area contributed by atoms with Crippen LogP contribution >= 0.6 is 0 Å². The van der Waals surface area contributed by atoms with Crippen LogP contribution in [0.5, 0.6) is 0 Å². The fraction of sp³-hybridized carbons (Fsp3) is 0. The molecule has 0 spiro atoms. The summed E-state index contributed by atoms with van der Waals surface area (Å²) in [5.41, 5.74) is 0.928. The van der Waals surface area contributed by atoms with Gasteiger partial charge in [-0.3, -0.25) is 9.79 Å². The van der Waals surface area contributed by atoms with Gasteiger partial charge in [-0.05, 0) is 24.9 Å². The molecule has 0 saturated carbocycles. The van der Waals surface area contributed by atoms with Crippen LogP contribution in [0.1, 0.15) is 5.82 Å². The molecule has 2 aromatic rings. The molecule has 4 heteroatoms. The van der Waals surface area contributed by atoms with Crippen molar-refractivity contribution in [3.8, 4) is 0 Å². The van der Waals surface area contributed by atoms with E-state index in [1.807, 2.05) is 6.07 Å². The zero-order valence-corrected chi connectivity index (χ0v) is 9.18. The minimum atomic E-state index is -0.191. The van der Waals surface area contributed by atoms with Crippen LogP contribution in [0.25, 0.3) is 16.6 Å². The summed E-state index contributed by atoms with van der Waals surface area (Å²) in [7, 11) is 0. The van der Waals surface area contributed by atoms with Crippen LogP contribution in [-0.2, 0) is 0 Å². The Balaban J connectivity index is 2.73. The summed E-state index contributed by atoms with van der Waals surface area (Å²) in [6.07, 6.45) is 3.21. The van der Waals surface area contributed by atoms with Gasteiger partial charge in [-0.2, -0.15) is 0 Å². The quantitative estimate of drug-likeness (QED) is 0.642. The fourth-order valence-corrected chi connectivity index (χ4v) is 1.53. The molecule has 17 heavy (non-hydrogen) atoms. The zero-order valence-electron chi connectivity index (χ0n) is 9.18. The highest BCUT2D eigenvalue weighted by molar-refractivity contribution is 5.79. The number of aromatic nitrogens is 2. The highest BCUT2D eigenvalue weighted by atomic mass is 16.1. The van der Waals surface area contributed by atoms with Crippen molar-refractivity contribution in [2.75, 3.05) is 0 Å². The maximum Gasteiger partial charge on any atom is 0.259 e. The van der Waals surface area contributed by atoms with Crippen LogP contribution < -0.4 is 5.56 Å². The molecule has 0 aliphatic rings. The molecule has 4 nitrogen and oxygen atoms in total. The highest BCUT2D eigenvalue weighted by Crippen LogP contribution is 2.12. The van der Waals surface area contributed by atoms with E-state index < -0.39 is 0 Å². The average molecular weight is 225 g/mol. The van der Waals surface area contributed by atoms with Crippen LogP contribution in [-0.4, -0.2) is 16.7 Å². The van der Waals surface area contributed by atoms with Crippen molar-refractivity contribution < 1.29 is 0 Å². The third-order valence-corrected chi connectivity index (χ3v) is 2.30. The molecule has 84 valence electrons. The summed E-state index contributed by atoms with van der Waals surface area (Å²) in [5.74, 6) is 0.392. The van der Waals surface area contributed by atoms with Crippen LogP contribution in [0.3, 0.4) is 0 Å². The standard InChI is InChI=1S/C13H11N3O/c1-3-6-11(14-2)12-15-10-8-5-4-7-9(10)13(17)16-12/h3-8H,1-2H2,(H,15,16,17)/b11-6-. The van der Waals surface area contributed by atoms with Gasteiger partial charge in [0, 0.05) is 0 Å². The monoisotopic (exact) mass is 225 g/mol. The molecule has 0 atom stereocenters. The Hall–Kier alpha value is -2.49. The Morgan fingerprint density at radius 1 is 1.41 bits per heavy atom. The normalized spacial score (nSPS) is 11.4. The lowest BCUT2D eigenvalue weighted by Crippen LogP contribution is -2.10. The summed E-state index contributed by atoms with van der Waals surface area (Å²) >= 11 is 0. The van der Waals surface area contributed by atoms with Gasteiger partial charge in [0.15, 0.2) is 5.82 Å². The van der Waals surface area contributed by atoms with Crippen molar-refractivity contribution in [2.45, 2.75) is 0 Å². The minimum Gasteiger partial charge on any atom is -0.305 e. The van der Waals surface area contributed by atoms with E-state index in [1.165, 1.54) is 0 Å². The molecule has 2 rings (SSSR count). The first-order valence-corrected chi connectivity index (χ1v) is 5.05. The van der Waals surface area contributed by atoms with E-state index in [0.717, 1.165) is 0 Å². The molecule has 0 radical (unpaired) electrons. The topological polar surface area (TPSA) is 58.1 Å². The molecule has 0 amide bonds. The molecule has 0 bridgehead atoms. The van der Waals surface area contributed by atoms with E-state index in [1.54, 1.807) is 30.4 Å². The van der Waals surface area contributed by atoms with Gasteiger partial charge in [0.2, 0.25) is 0 Å². The van der Waals surface area contributed by atoms with Crippen molar-refractivity contribution in [3.63, 3.8) is 0 Å². The summed E-state index contributed by atoms with van der Waals surface area (Å²) < 4.78 is 0. The first-order chi connectivity index (χ1) is 8.26. The SMILES string of the molecule is C=C/C=C(\N=C)c1nc2ccccc2c(=O)[nH]1. The zero-order chi connectivity index (χ0) is 12.3. The predicted octanol–water partition coefficient (Wildman–Crippen LogP) is 2.15. The number of H-pyrrole nitrogens is 1. The van der Waals surface area contributed by atoms with E-state index in [-0.39, 0.29) is 5.56 Å². The molecular formula is C13H11N3O. The fourth-order valence-electron chi connectivity index (χ4n) is 1.53. The molecular weight excluding hydrogens is 214 g/mol. The number of fused-ring (bicyclic) bond motifs is 1. The van der Waals surface area contributed by atoms with Crippen LogP contribution in [0, 0.1) is 0 Å². The molecule has 0 aliphatic carbocycles. The van der Waals surface area contributed by atoms with Crippen LogP contribution in [0.4, 0.5) is 0 Å². The number of aromatic amines is 1. The second kappa shape index (κ2) is 4.57.